The number of pyridine rings is 1. The fourth-order valence-corrected chi connectivity index (χ4v) is 1.98. The Morgan fingerprint density at radius 1 is 1.10 bits per heavy atom. The first-order valence-corrected chi connectivity index (χ1v) is 6.15. The van der Waals surface area contributed by atoms with Gasteiger partial charge in [-0.3, -0.25) is 15.1 Å². The molecular weight excluding hydrogens is 270 g/mol. The summed E-state index contributed by atoms with van der Waals surface area (Å²) in [5, 5.41) is 15.1. The molecule has 0 saturated carbocycles. The van der Waals surface area contributed by atoms with Gasteiger partial charge in [0.1, 0.15) is 5.69 Å². The van der Waals surface area contributed by atoms with E-state index in [1.807, 2.05) is 12.1 Å². The minimum Gasteiger partial charge on any atom is -0.396 e. The number of nitro groups is 1. The van der Waals surface area contributed by atoms with Crippen LogP contribution < -0.4 is 5.73 Å². The number of aromatic nitrogens is 3. The van der Waals surface area contributed by atoms with Crippen LogP contribution >= 0.6 is 0 Å². The normalized spacial score (nSPS) is 10.5. The van der Waals surface area contributed by atoms with Crippen LogP contribution in [0, 0.1) is 10.1 Å². The molecule has 0 radical (unpaired) electrons. The van der Waals surface area contributed by atoms with Gasteiger partial charge in [0.05, 0.1) is 22.5 Å². The first kappa shape index (κ1) is 12.8. The Labute approximate surface area is 119 Å². The quantitative estimate of drug-likeness (QED) is 0.587. The highest BCUT2D eigenvalue weighted by Crippen LogP contribution is 2.25. The van der Waals surface area contributed by atoms with E-state index in [1.165, 1.54) is 12.1 Å². The van der Waals surface area contributed by atoms with E-state index < -0.39 is 4.92 Å². The predicted octanol–water partition coefficient (Wildman–Crippen LogP) is 2.42. The van der Waals surface area contributed by atoms with Crippen molar-refractivity contribution in [3.8, 4) is 16.9 Å². The van der Waals surface area contributed by atoms with Crippen LogP contribution in [-0.4, -0.2) is 19.7 Å². The zero-order valence-electron chi connectivity index (χ0n) is 10.9. The van der Waals surface area contributed by atoms with Gasteiger partial charge in [-0.1, -0.05) is 0 Å². The van der Waals surface area contributed by atoms with Gasteiger partial charge in [0.15, 0.2) is 0 Å². The topological polar surface area (TPSA) is 99.9 Å². The third-order valence-electron chi connectivity index (χ3n) is 3.02. The molecule has 0 atom stereocenters. The van der Waals surface area contributed by atoms with Crippen molar-refractivity contribution in [3.05, 3.63) is 65.1 Å². The Kier molecular flexibility index (Phi) is 3.07. The molecule has 0 amide bonds. The zero-order valence-corrected chi connectivity index (χ0v) is 10.9. The van der Waals surface area contributed by atoms with Crippen molar-refractivity contribution in [2.24, 2.45) is 0 Å². The van der Waals surface area contributed by atoms with Crippen LogP contribution in [0.1, 0.15) is 0 Å². The number of nitro benzene ring substituents is 1. The predicted molar refractivity (Wildman–Crippen MR) is 77.9 cm³/mol. The van der Waals surface area contributed by atoms with E-state index in [9.17, 15) is 10.1 Å². The molecule has 7 nitrogen and oxygen atoms in total. The Morgan fingerprint density at radius 3 is 2.38 bits per heavy atom. The zero-order chi connectivity index (χ0) is 14.8. The number of benzene rings is 1. The number of nitrogens with zero attached hydrogens (tertiary/aromatic N) is 4. The molecule has 0 fully saturated rings. The number of rotatable bonds is 3. The molecule has 3 aromatic rings. The average Bonchev–Trinajstić information content (AvgIpc) is 2.90. The summed E-state index contributed by atoms with van der Waals surface area (Å²) >= 11 is 0. The van der Waals surface area contributed by atoms with Gasteiger partial charge in [0.2, 0.25) is 0 Å². The maximum atomic E-state index is 10.6. The molecule has 7 heteroatoms. The van der Waals surface area contributed by atoms with Gasteiger partial charge < -0.3 is 5.73 Å². The SMILES string of the molecule is Nc1cn(-c2ccc([N+](=O)[O-])cc2)nc1-c1ccncc1. The molecule has 0 aliphatic carbocycles. The molecule has 0 aliphatic rings. The van der Waals surface area contributed by atoms with E-state index in [4.69, 9.17) is 5.73 Å². The first-order valence-electron chi connectivity index (χ1n) is 6.15. The van der Waals surface area contributed by atoms with Gasteiger partial charge in [-0.05, 0) is 24.3 Å². The summed E-state index contributed by atoms with van der Waals surface area (Å²) in [6, 6.07) is 9.75. The molecule has 104 valence electrons. The lowest BCUT2D eigenvalue weighted by atomic mass is 10.2. The number of anilines is 1. The Hall–Kier alpha value is -3.22. The second-order valence-corrected chi connectivity index (χ2v) is 4.39. The van der Waals surface area contributed by atoms with Crippen LogP contribution in [0.4, 0.5) is 11.4 Å². The van der Waals surface area contributed by atoms with E-state index in [-0.39, 0.29) is 5.69 Å². The summed E-state index contributed by atoms with van der Waals surface area (Å²) in [7, 11) is 0. The van der Waals surface area contributed by atoms with Crippen molar-refractivity contribution in [1.29, 1.82) is 0 Å². The summed E-state index contributed by atoms with van der Waals surface area (Å²) in [5.74, 6) is 0. The lowest BCUT2D eigenvalue weighted by molar-refractivity contribution is -0.384. The van der Waals surface area contributed by atoms with Crippen molar-refractivity contribution >= 4 is 11.4 Å². The molecule has 2 N–H and O–H groups in total. The maximum absolute atomic E-state index is 10.6. The number of nitrogens with two attached hydrogens (primary N) is 1. The number of hydrogen-bond donors (Lipinski definition) is 1. The molecule has 3 rings (SSSR count). The van der Waals surface area contributed by atoms with Gasteiger partial charge in [0.25, 0.3) is 5.69 Å². The lowest BCUT2D eigenvalue weighted by Crippen LogP contribution is -1.95. The molecule has 2 heterocycles. The number of non-ortho nitro benzene ring substituents is 1. The maximum Gasteiger partial charge on any atom is 0.269 e. The Balaban J connectivity index is 1.99. The molecule has 0 unspecified atom stereocenters. The van der Waals surface area contributed by atoms with E-state index in [0.717, 1.165) is 5.56 Å². The van der Waals surface area contributed by atoms with Crippen molar-refractivity contribution in [1.82, 2.24) is 14.8 Å². The second kappa shape index (κ2) is 5.04. The van der Waals surface area contributed by atoms with Crippen LogP contribution in [0.25, 0.3) is 16.9 Å². The molecule has 21 heavy (non-hydrogen) atoms. The monoisotopic (exact) mass is 281 g/mol. The first-order chi connectivity index (χ1) is 10.1. The smallest absolute Gasteiger partial charge is 0.269 e. The van der Waals surface area contributed by atoms with E-state index >= 15 is 0 Å². The Bertz CT molecular complexity index is 781. The number of nitrogen functional groups attached to an aromatic ring is 1. The molecule has 0 bridgehead atoms. The van der Waals surface area contributed by atoms with Crippen molar-refractivity contribution < 1.29 is 4.92 Å². The van der Waals surface area contributed by atoms with Gasteiger partial charge in [0, 0.05) is 30.1 Å². The van der Waals surface area contributed by atoms with Gasteiger partial charge in [-0.25, -0.2) is 4.68 Å². The molecule has 0 saturated heterocycles. The second-order valence-electron chi connectivity index (χ2n) is 4.39. The van der Waals surface area contributed by atoms with Crippen LogP contribution in [-0.2, 0) is 0 Å². The molecule has 1 aromatic carbocycles. The van der Waals surface area contributed by atoms with Crippen molar-refractivity contribution in [2.45, 2.75) is 0 Å². The fraction of sp³-hybridized carbons (Fsp3) is 0. The highest BCUT2D eigenvalue weighted by Gasteiger charge is 2.10. The van der Waals surface area contributed by atoms with Crippen molar-refractivity contribution in [2.75, 3.05) is 5.73 Å². The summed E-state index contributed by atoms with van der Waals surface area (Å²) < 4.78 is 1.59. The molecule has 2 aromatic heterocycles. The molecule has 0 aliphatic heterocycles. The Morgan fingerprint density at radius 2 is 1.76 bits per heavy atom. The van der Waals surface area contributed by atoms with Crippen LogP contribution in [0.15, 0.2) is 55.0 Å². The van der Waals surface area contributed by atoms with Gasteiger partial charge in [-0.15, -0.1) is 0 Å². The molecular formula is C14H11N5O2. The highest BCUT2D eigenvalue weighted by atomic mass is 16.6. The highest BCUT2D eigenvalue weighted by molar-refractivity contribution is 5.72. The van der Waals surface area contributed by atoms with E-state index in [2.05, 4.69) is 10.1 Å². The third kappa shape index (κ3) is 2.44. The fourth-order valence-electron chi connectivity index (χ4n) is 1.98. The van der Waals surface area contributed by atoms with Crippen molar-refractivity contribution in [3.63, 3.8) is 0 Å². The summed E-state index contributed by atoms with van der Waals surface area (Å²) in [6.07, 6.45) is 5.01. The van der Waals surface area contributed by atoms with E-state index in [1.54, 1.807) is 35.4 Å². The summed E-state index contributed by atoms with van der Waals surface area (Å²) in [6.45, 7) is 0. The van der Waals surface area contributed by atoms with Crippen LogP contribution in [0.5, 0.6) is 0 Å². The minimum atomic E-state index is -0.441. The van der Waals surface area contributed by atoms with Gasteiger partial charge in [-0.2, -0.15) is 5.10 Å². The largest absolute Gasteiger partial charge is 0.396 e. The minimum absolute atomic E-state index is 0.0354. The number of hydrogen-bond acceptors (Lipinski definition) is 5. The summed E-state index contributed by atoms with van der Waals surface area (Å²) in [4.78, 5) is 14.2. The third-order valence-corrected chi connectivity index (χ3v) is 3.02. The van der Waals surface area contributed by atoms with Gasteiger partial charge >= 0.3 is 0 Å². The van der Waals surface area contributed by atoms with Crippen LogP contribution in [0.3, 0.4) is 0 Å². The molecule has 0 spiro atoms. The summed E-state index contributed by atoms with van der Waals surface area (Å²) in [5.41, 5.74) is 8.75. The lowest BCUT2D eigenvalue weighted by Gasteiger charge is -2.00. The standard InChI is InChI=1S/C14H11N5O2/c15-13-9-18(11-1-3-12(4-2-11)19(20)21)17-14(13)10-5-7-16-8-6-10/h1-9H,15H2. The van der Waals surface area contributed by atoms with Crippen LogP contribution in [0.2, 0.25) is 0 Å². The van der Waals surface area contributed by atoms with E-state index in [0.29, 0.717) is 17.1 Å². The average molecular weight is 281 g/mol.